The quantitative estimate of drug-likeness (QED) is 0.797. The molecule has 0 unspecified atom stereocenters. The van der Waals surface area contributed by atoms with Gasteiger partial charge in [0.25, 0.3) is 5.91 Å². The Morgan fingerprint density at radius 1 is 1.22 bits per heavy atom. The summed E-state index contributed by atoms with van der Waals surface area (Å²) in [5.74, 6) is 0.00889. The first-order valence-electron chi connectivity index (χ1n) is 7.45. The summed E-state index contributed by atoms with van der Waals surface area (Å²) >= 11 is 0. The van der Waals surface area contributed by atoms with E-state index >= 15 is 0 Å². The Hall–Kier alpha value is -2.40. The molecular formula is C18H20FNO3. The van der Waals surface area contributed by atoms with E-state index in [9.17, 15) is 9.18 Å². The SMILES string of the molecule is CCOCCNC(=O)c1cccc(-c2cc(F)ccc2OC)c1. The number of benzene rings is 2. The standard InChI is InChI=1S/C18H20FNO3/c1-3-23-10-9-20-18(21)14-6-4-5-13(11-14)16-12-15(19)7-8-17(16)22-2/h4-8,11-12H,3,9-10H2,1-2H3,(H,20,21). The van der Waals surface area contributed by atoms with Crippen LogP contribution in [0.3, 0.4) is 0 Å². The van der Waals surface area contributed by atoms with E-state index < -0.39 is 0 Å². The van der Waals surface area contributed by atoms with Crippen molar-refractivity contribution in [3.8, 4) is 16.9 Å². The average molecular weight is 317 g/mol. The van der Waals surface area contributed by atoms with Gasteiger partial charge in [-0.25, -0.2) is 4.39 Å². The summed E-state index contributed by atoms with van der Waals surface area (Å²) in [6.07, 6.45) is 0. The molecule has 1 amide bonds. The van der Waals surface area contributed by atoms with E-state index in [0.29, 0.717) is 36.6 Å². The van der Waals surface area contributed by atoms with Gasteiger partial charge in [-0.1, -0.05) is 12.1 Å². The summed E-state index contributed by atoms with van der Waals surface area (Å²) < 4.78 is 24.0. The van der Waals surface area contributed by atoms with Crippen molar-refractivity contribution in [2.75, 3.05) is 26.9 Å². The van der Waals surface area contributed by atoms with Crippen LogP contribution in [0.1, 0.15) is 17.3 Å². The van der Waals surface area contributed by atoms with Gasteiger partial charge < -0.3 is 14.8 Å². The lowest BCUT2D eigenvalue weighted by Gasteiger charge is -2.10. The highest BCUT2D eigenvalue weighted by molar-refractivity contribution is 5.95. The number of rotatable bonds is 7. The van der Waals surface area contributed by atoms with Gasteiger partial charge in [-0.2, -0.15) is 0 Å². The largest absolute Gasteiger partial charge is 0.496 e. The van der Waals surface area contributed by atoms with E-state index in [4.69, 9.17) is 9.47 Å². The molecule has 0 heterocycles. The number of methoxy groups -OCH3 is 1. The van der Waals surface area contributed by atoms with Gasteiger partial charge in [0.2, 0.25) is 0 Å². The Morgan fingerprint density at radius 3 is 2.78 bits per heavy atom. The monoisotopic (exact) mass is 317 g/mol. The first-order chi connectivity index (χ1) is 11.2. The summed E-state index contributed by atoms with van der Waals surface area (Å²) in [6, 6.07) is 11.3. The molecule has 5 heteroatoms. The average Bonchev–Trinajstić information content (AvgIpc) is 2.58. The van der Waals surface area contributed by atoms with Crippen molar-refractivity contribution in [3.63, 3.8) is 0 Å². The second kappa shape index (κ2) is 8.29. The van der Waals surface area contributed by atoms with Gasteiger partial charge in [0, 0.05) is 24.3 Å². The molecule has 0 aliphatic heterocycles. The lowest BCUT2D eigenvalue weighted by atomic mass is 10.0. The number of halogens is 1. The molecule has 0 aromatic heterocycles. The van der Waals surface area contributed by atoms with Gasteiger partial charge in [0.1, 0.15) is 11.6 Å². The van der Waals surface area contributed by atoms with Crippen LogP contribution in [-0.4, -0.2) is 32.8 Å². The minimum atomic E-state index is -0.354. The number of carbonyl (C=O) groups is 1. The molecule has 0 aliphatic rings. The van der Waals surface area contributed by atoms with E-state index in [1.54, 1.807) is 24.3 Å². The minimum absolute atomic E-state index is 0.193. The molecule has 1 N–H and O–H groups in total. The number of nitrogens with one attached hydrogen (secondary N) is 1. The molecule has 4 nitrogen and oxygen atoms in total. The highest BCUT2D eigenvalue weighted by Gasteiger charge is 2.11. The molecule has 2 rings (SSSR count). The summed E-state index contributed by atoms with van der Waals surface area (Å²) in [5.41, 5.74) is 1.83. The molecule has 0 atom stereocenters. The van der Waals surface area contributed by atoms with Crippen molar-refractivity contribution in [2.45, 2.75) is 6.92 Å². The van der Waals surface area contributed by atoms with Gasteiger partial charge in [0.15, 0.2) is 0 Å². The summed E-state index contributed by atoms with van der Waals surface area (Å²) in [4.78, 5) is 12.1. The Morgan fingerprint density at radius 2 is 2.04 bits per heavy atom. The molecular weight excluding hydrogens is 297 g/mol. The molecule has 0 aliphatic carbocycles. The fraction of sp³-hybridized carbons (Fsp3) is 0.278. The topological polar surface area (TPSA) is 47.6 Å². The molecule has 0 spiro atoms. The van der Waals surface area contributed by atoms with Crippen LogP contribution in [0.5, 0.6) is 5.75 Å². The number of hydrogen-bond donors (Lipinski definition) is 1. The summed E-state index contributed by atoms with van der Waals surface area (Å²) in [5, 5.41) is 2.78. The van der Waals surface area contributed by atoms with Gasteiger partial charge in [-0.3, -0.25) is 4.79 Å². The zero-order valence-electron chi connectivity index (χ0n) is 13.3. The van der Waals surface area contributed by atoms with Crippen LogP contribution >= 0.6 is 0 Å². The van der Waals surface area contributed by atoms with Gasteiger partial charge in [0.05, 0.1) is 13.7 Å². The molecule has 0 saturated carbocycles. The second-order valence-electron chi connectivity index (χ2n) is 4.88. The van der Waals surface area contributed by atoms with Crippen molar-refractivity contribution in [2.24, 2.45) is 0 Å². The number of ether oxygens (including phenoxy) is 2. The van der Waals surface area contributed by atoms with Crippen molar-refractivity contribution in [1.82, 2.24) is 5.32 Å². The van der Waals surface area contributed by atoms with Crippen LogP contribution in [0.2, 0.25) is 0 Å². The lowest BCUT2D eigenvalue weighted by molar-refractivity contribution is 0.0922. The van der Waals surface area contributed by atoms with Crippen molar-refractivity contribution in [1.29, 1.82) is 0 Å². The maximum absolute atomic E-state index is 13.5. The highest BCUT2D eigenvalue weighted by atomic mass is 19.1. The maximum atomic E-state index is 13.5. The molecule has 122 valence electrons. The van der Waals surface area contributed by atoms with E-state index in [0.717, 1.165) is 5.56 Å². The Kier molecular flexibility index (Phi) is 6.11. The van der Waals surface area contributed by atoms with Crippen molar-refractivity contribution < 1.29 is 18.7 Å². The van der Waals surface area contributed by atoms with Crippen LogP contribution in [-0.2, 0) is 4.74 Å². The van der Waals surface area contributed by atoms with Crippen LogP contribution in [0, 0.1) is 5.82 Å². The van der Waals surface area contributed by atoms with E-state index in [1.165, 1.54) is 19.2 Å². The molecule has 0 saturated heterocycles. The molecule has 23 heavy (non-hydrogen) atoms. The second-order valence-corrected chi connectivity index (χ2v) is 4.88. The van der Waals surface area contributed by atoms with Crippen LogP contribution in [0.25, 0.3) is 11.1 Å². The minimum Gasteiger partial charge on any atom is -0.496 e. The Labute approximate surface area is 135 Å². The van der Waals surface area contributed by atoms with Crippen LogP contribution in [0.4, 0.5) is 4.39 Å². The third kappa shape index (κ3) is 4.53. The van der Waals surface area contributed by atoms with E-state index in [1.807, 2.05) is 13.0 Å². The predicted molar refractivity (Wildman–Crippen MR) is 87.2 cm³/mol. The van der Waals surface area contributed by atoms with Crippen LogP contribution in [0.15, 0.2) is 42.5 Å². The lowest BCUT2D eigenvalue weighted by Crippen LogP contribution is -2.27. The predicted octanol–water partition coefficient (Wildman–Crippen LogP) is 3.27. The fourth-order valence-electron chi connectivity index (χ4n) is 2.22. The first kappa shape index (κ1) is 17.0. The normalized spacial score (nSPS) is 10.4. The van der Waals surface area contributed by atoms with Gasteiger partial charge >= 0.3 is 0 Å². The zero-order chi connectivity index (χ0) is 16.7. The van der Waals surface area contributed by atoms with Crippen molar-refractivity contribution >= 4 is 5.91 Å². The molecule has 0 fully saturated rings. The molecule has 0 bridgehead atoms. The first-order valence-corrected chi connectivity index (χ1v) is 7.45. The van der Waals surface area contributed by atoms with Crippen LogP contribution < -0.4 is 10.1 Å². The van der Waals surface area contributed by atoms with E-state index in [2.05, 4.69) is 5.32 Å². The van der Waals surface area contributed by atoms with Gasteiger partial charge in [-0.05, 0) is 42.8 Å². The summed E-state index contributed by atoms with van der Waals surface area (Å²) in [6.45, 7) is 3.43. The zero-order valence-corrected chi connectivity index (χ0v) is 13.3. The Bertz CT molecular complexity index is 673. The van der Waals surface area contributed by atoms with Gasteiger partial charge in [-0.15, -0.1) is 0 Å². The third-order valence-electron chi connectivity index (χ3n) is 3.33. The summed E-state index contributed by atoms with van der Waals surface area (Å²) in [7, 11) is 1.53. The fourth-order valence-corrected chi connectivity index (χ4v) is 2.22. The van der Waals surface area contributed by atoms with E-state index in [-0.39, 0.29) is 11.7 Å². The Balaban J connectivity index is 2.20. The van der Waals surface area contributed by atoms with Crippen molar-refractivity contribution in [3.05, 3.63) is 53.8 Å². The number of carbonyl (C=O) groups excluding carboxylic acids is 1. The maximum Gasteiger partial charge on any atom is 0.251 e. The highest BCUT2D eigenvalue weighted by Crippen LogP contribution is 2.31. The third-order valence-corrected chi connectivity index (χ3v) is 3.33. The number of hydrogen-bond acceptors (Lipinski definition) is 3. The molecule has 2 aromatic carbocycles. The molecule has 2 aromatic rings. The molecule has 0 radical (unpaired) electrons. The number of amides is 1. The smallest absolute Gasteiger partial charge is 0.251 e.